The highest BCUT2D eigenvalue weighted by atomic mass is 32.2. The number of hydrogen-bond donors (Lipinski definition) is 1. The molecule has 0 spiro atoms. The summed E-state index contributed by atoms with van der Waals surface area (Å²) in [6.07, 6.45) is 3.27. The van der Waals surface area contributed by atoms with Crippen LogP contribution in [-0.2, 0) is 0 Å². The summed E-state index contributed by atoms with van der Waals surface area (Å²) < 4.78 is 5.09. The predicted molar refractivity (Wildman–Crippen MR) is 58.7 cm³/mol. The Hall–Kier alpha value is -0.520. The molecule has 1 N–H and O–H groups in total. The number of oxazole rings is 1. The second kappa shape index (κ2) is 6.86. The highest BCUT2D eigenvalue weighted by molar-refractivity contribution is 7.99. The first-order valence-electron chi connectivity index (χ1n) is 4.67. The van der Waals surface area contributed by atoms with E-state index >= 15 is 0 Å². The molecule has 1 aromatic heterocycles. The van der Waals surface area contributed by atoms with Crippen molar-refractivity contribution in [1.82, 2.24) is 15.2 Å². The maximum absolute atomic E-state index is 5.09. The number of rotatable bonds is 7. The van der Waals surface area contributed by atoms with E-state index in [1.807, 2.05) is 0 Å². The average Bonchev–Trinajstić information content (AvgIpc) is 2.63. The largest absolute Gasteiger partial charge is 0.440 e. The lowest BCUT2D eigenvalue weighted by Gasteiger charge is -2.09. The lowest BCUT2D eigenvalue weighted by molar-refractivity contribution is 0.403. The second-order valence-electron chi connectivity index (χ2n) is 3.20. The van der Waals surface area contributed by atoms with Crippen molar-refractivity contribution < 1.29 is 4.42 Å². The first kappa shape index (κ1) is 11.6. The third kappa shape index (κ3) is 5.26. The van der Waals surface area contributed by atoms with Crippen LogP contribution in [0, 0.1) is 0 Å². The van der Waals surface area contributed by atoms with E-state index in [9.17, 15) is 0 Å². The van der Waals surface area contributed by atoms with Crippen LogP contribution in [0.5, 0.6) is 0 Å². The maximum atomic E-state index is 5.09. The summed E-state index contributed by atoms with van der Waals surface area (Å²) >= 11 is 1.63. The van der Waals surface area contributed by atoms with E-state index in [1.54, 1.807) is 24.2 Å². The number of thioether (sulfide) groups is 1. The average molecular weight is 215 g/mol. The van der Waals surface area contributed by atoms with Gasteiger partial charge in [-0.25, -0.2) is 4.98 Å². The summed E-state index contributed by atoms with van der Waals surface area (Å²) in [7, 11) is 4.15. The van der Waals surface area contributed by atoms with Gasteiger partial charge in [0.05, 0.1) is 6.20 Å². The van der Waals surface area contributed by atoms with Crippen molar-refractivity contribution in [1.29, 1.82) is 0 Å². The molecule has 0 unspecified atom stereocenters. The Labute approximate surface area is 89.1 Å². The first-order chi connectivity index (χ1) is 6.79. The van der Waals surface area contributed by atoms with Crippen LogP contribution in [0.4, 0.5) is 0 Å². The molecule has 4 nitrogen and oxygen atoms in total. The molecular weight excluding hydrogens is 198 g/mol. The van der Waals surface area contributed by atoms with E-state index in [4.69, 9.17) is 4.42 Å². The van der Waals surface area contributed by atoms with Crippen molar-refractivity contribution in [3.8, 4) is 0 Å². The Morgan fingerprint density at radius 1 is 1.50 bits per heavy atom. The zero-order chi connectivity index (χ0) is 10.2. The summed E-state index contributed by atoms with van der Waals surface area (Å²) in [6.45, 7) is 3.09. The van der Waals surface area contributed by atoms with Gasteiger partial charge in [-0.2, -0.15) is 0 Å². The van der Waals surface area contributed by atoms with Crippen molar-refractivity contribution in [3.63, 3.8) is 0 Å². The number of nitrogens with one attached hydrogen (secondary N) is 1. The molecule has 0 fully saturated rings. The molecule has 0 aliphatic rings. The molecule has 0 saturated heterocycles. The zero-order valence-corrected chi connectivity index (χ0v) is 9.51. The van der Waals surface area contributed by atoms with Gasteiger partial charge in [0.1, 0.15) is 6.26 Å². The Morgan fingerprint density at radius 3 is 3.00 bits per heavy atom. The molecule has 0 amide bonds. The van der Waals surface area contributed by atoms with Crippen molar-refractivity contribution >= 4 is 11.8 Å². The van der Waals surface area contributed by atoms with Gasteiger partial charge in [0.15, 0.2) is 0 Å². The molecule has 0 atom stereocenters. The molecule has 1 heterocycles. The van der Waals surface area contributed by atoms with Gasteiger partial charge in [-0.05, 0) is 14.1 Å². The van der Waals surface area contributed by atoms with E-state index in [0.29, 0.717) is 0 Å². The van der Waals surface area contributed by atoms with Crippen LogP contribution in [0.15, 0.2) is 22.1 Å². The summed E-state index contributed by atoms with van der Waals surface area (Å²) in [5.41, 5.74) is 0. The molecule has 5 heteroatoms. The smallest absolute Gasteiger partial charge is 0.255 e. The number of aromatic nitrogens is 1. The van der Waals surface area contributed by atoms with Gasteiger partial charge in [-0.1, -0.05) is 11.8 Å². The van der Waals surface area contributed by atoms with Crippen LogP contribution in [0.25, 0.3) is 0 Å². The molecule has 0 radical (unpaired) electrons. The molecule has 0 aliphatic carbocycles. The van der Waals surface area contributed by atoms with Crippen LogP contribution < -0.4 is 5.32 Å². The third-order valence-electron chi connectivity index (χ3n) is 1.65. The van der Waals surface area contributed by atoms with E-state index in [-0.39, 0.29) is 0 Å². The van der Waals surface area contributed by atoms with Crippen molar-refractivity contribution in [3.05, 3.63) is 12.5 Å². The number of likely N-dealkylation sites (N-methyl/N-ethyl adjacent to an activating group) is 1. The summed E-state index contributed by atoms with van der Waals surface area (Å²) in [5, 5.41) is 4.10. The quantitative estimate of drug-likeness (QED) is 0.541. The molecule has 1 aromatic rings. The monoisotopic (exact) mass is 215 g/mol. The van der Waals surface area contributed by atoms with Gasteiger partial charge in [-0.15, -0.1) is 0 Å². The fourth-order valence-electron chi connectivity index (χ4n) is 0.920. The van der Waals surface area contributed by atoms with Gasteiger partial charge >= 0.3 is 0 Å². The minimum Gasteiger partial charge on any atom is -0.440 e. The SMILES string of the molecule is CN(C)CCNCCSc1ncco1. The Balaban J connectivity index is 1.90. The molecule has 0 saturated carbocycles. The molecule has 0 bridgehead atoms. The third-order valence-corrected chi connectivity index (χ3v) is 2.51. The molecule has 14 heavy (non-hydrogen) atoms. The van der Waals surface area contributed by atoms with Crippen molar-refractivity contribution in [2.24, 2.45) is 0 Å². The Morgan fingerprint density at radius 2 is 2.36 bits per heavy atom. The summed E-state index contributed by atoms with van der Waals surface area (Å²) in [5.74, 6) is 0.994. The molecular formula is C9H17N3OS. The van der Waals surface area contributed by atoms with Crippen LogP contribution in [0.3, 0.4) is 0 Å². The number of nitrogens with zero attached hydrogens (tertiary/aromatic N) is 2. The van der Waals surface area contributed by atoms with E-state index < -0.39 is 0 Å². The second-order valence-corrected chi connectivity index (χ2v) is 4.25. The van der Waals surface area contributed by atoms with Crippen LogP contribution in [0.2, 0.25) is 0 Å². The van der Waals surface area contributed by atoms with E-state index in [2.05, 4.69) is 29.3 Å². The summed E-state index contributed by atoms with van der Waals surface area (Å²) in [4.78, 5) is 6.18. The van der Waals surface area contributed by atoms with Gasteiger partial charge < -0.3 is 14.6 Å². The van der Waals surface area contributed by atoms with Gasteiger partial charge in [-0.3, -0.25) is 0 Å². The fraction of sp³-hybridized carbons (Fsp3) is 0.667. The normalized spacial score (nSPS) is 11.1. The fourth-order valence-corrected chi connectivity index (χ4v) is 1.60. The standard InChI is InChI=1S/C9H17N3OS/c1-12(2)6-3-10-5-8-14-9-11-4-7-13-9/h4,7,10H,3,5-6,8H2,1-2H3. The first-order valence-corrected chi connectivity index (χ1v) is 5.65. The van der Waals surface area contributed by atoms with E-state index in [1.165, 1.54) is 0 Å². The molecule has 1 rings (SSSR count). The molecule has 80 valence electrons. The van der Waals surface area contributed by atoms with Gasteiger partial charge in [0.2, 0.25) is 0 Å². The van der Waals surface area contributed by atoms with E-state index in [0.717, 1.165) is 30.6 Å². The topological polar surface area (TPSA) is 41.3 Å². The lowest BCUT2D eigenvalue weighted by Crippen LogP contribution is -2.27. The molecule has 0 aromatic carbocycles. The van der Waals surface area contributed by atoms with Gasteiger partial charge in [0.25, 0.3) is 5.22 Å². The highest BCUT2D eigenvalue weighted by Crippen LogP contribution is 2.12. The predicted octanol–water partition coefficient (Wildman–Crippen LogP) is 0.918. The van der Waals surface area contributed by atoms with Crippen LogP contribution in [-0.4, -0.2) is 49.4 Å². The van der Waals surface area contributed by atoms with Gasteiger partial charge in [0, 0.05) is 25.4 Å². The van der Waals surface area contributed by atoms with Crippen LogP contribution in [0.1, 0.15) is 0 Å². The highest BCUT2D eigenvalue weighted by Gasteiger charge is 1.97. The van der Waals surface area contributed by atoms with Crippen LogP contribution >= 0.6 is 11.8 Å². The minimum atomic E-state index is 0.749. The summed E-state index contributed by atoms with van der Waals surface area (Å²) in [6, 6.07) is 0. The van der Waals surface area contributed by atoms with Crippen molar-refractivity contribution in [2.45, 2.75) is 5.22 Å². The zero-order valence-electron chi connectivity index (χ0n) is 8.69. The minimum absolute atomic E-state index is 0.749. The maximum Gasteiger partial charge on any atom is 0.255 e. The lowest BCUT2D eigenvalue weighted by atomic mass is 10.5. The van der Waals surface area contributed by atoms with Crippen molar-refractivity contribution in [2.75, 3.05) is 39.5 Å². The Bertz CT molecular complexity index is 226. The number of hydrogen-bond acceptors (Lipinski definition) is 5. The Kier molecular flexibility index (Phi) is 5.66. The molecule has 0 aliphatic heterocycles.